The van der Waals surface area contributed by atoms with E-state index >= 15 is 0 Å². The van der Waals surface area contributed by atoms with E-state index in [0.29, 0.717) is 41.6 Å². The molecule has 4 aliphatic rings. The number of ether oxygens (including phenoxy) is 3. The summed E-state index contributed by atoms with van der Waals surface area (Å²) in [5, 5.41) is 14.5. The Bertz CT molecular complexity index is 1540. The molecular formula is C31H36N6O6. The second-order valence-corrected chi connectivity index (χ2v) is 11.2. The second kappa shape index (κ2) is 12.3. The Balaban J connectivity index is 1.30. The third kappa shape index (κ3) is 6.13. The SMILES string of the molecule is COc1cc2ccc1CNC(=O)COc1cc(ccc1C)C(=O)N[C@H]1CN(C(=O)c3nnc4n3CCCCC4)CC[C@H]1O2. The minimum absolute atomic E-state index is 0.203. The van der Waals surface area contributed by atoms with Gasteiger partial charge in [0.1, 0.15) is 29.2 Å². The molecule has 5 heterocycles. The largest absolute Gasteiger partial charge is 0.496 e. The van der Waals surface area contributed by atoms with E-state index in [2.05, 4.69) is 20.8 Å². The molecule has 0 saturated carbocycles. The molecule has 0 aliphatic carbocycles. The summed E-state index contributed by atoms with van der Waals surface area (Å²) in [4.78, 5) is 41.5. The van der Waals surface area contributed by atoms with Crippen LogP contribution >= 0.6 is 0 Å². The Morgan fingerprint density at radius 1 is 1.07 bits per heavy atom. The number of nitrogens with zero attached hydrogens (tertiary/aromatic N) is 4. The van der Waals surface area contributed by atoms with Gasteiger partial charge in [-0.25, -0.2) is 0 Å². The highest BCUT2D eigenvalue weighted by molar-refractivity contribution is 5.95. The van der Waals surface area contributed by atoms with Gasteiger partial charge in [0.25, 0.3) is 17.7 Å². The van der Waals surface area contributed by atoms with Crippen molar-refractivity contribution >= 4 is 17.7 Å². The molecule has 1 fully saturated rings. The lowest BCUT2D eigenvalue weighted by molar-refractivity contribution is -0.123. The molecule has 1 aromatic heterocycles. The standard InChI is InChI=1S/C31H36N6O6/c1-19-7-8-20-14-25(19)42-18-28(38)32-16-21-9-10-22(15-26(21)41-2)43-24-11-13-36(17-23(24)33-30(20)39)31(40)29-35-34-27-6-4-3-5-12-37(27)29/h7-10,14-15,23-24H,3-6,11-13,16-18H2,1-2H3,(H,32,38)(H,33,39)/t23-,24+/m0/s1. The highest BCUT2D eigenvalue weighted by atomic mass is 16.5. The first-order valence-electron chi connectivity index (χ1n) is 14.8. The molecule has 4 aliphatic heterocycles. The summed E-state index contributed by atoms with van der Waals surface area (Å²) in [5.74, 6) is 1.91. The maximum absolute atomic E-state index is 13.7. The topological polar surface area (TPSA) is 137 Å². The number of aromatic nitrogens is 3. The molecule has 3 aromatic rings. The van der Waals surface area contributed by atoms with Crippen molar-refractivity contribution in [3.8, 4) is 17.2 Å². The van der Waals surface area contributed by atoms with Crippen LogP contribution in [0.15, 0.2) is 36.4 Å². The first-order chi connectivity index (χ1) is 20.9. The first-order valence-corrected chi connectivity index (χ1v) is 14.8. The van der Waals surface area contributed by atoms with Crippen molar-refractivity contribution in [2.45, 2.75) is 64.3 Å². The zero-order valence-corrected chi connectivity index (χ0v) is 24.4. The number of likely N-dealkylation sites (tertiary alicyclic amines) is 1. The molecule has 1 saturated heterocycles. The summed E-state index contributed by atoms with van der Waals surface area (Å²) in [6, 6.07) is 10.0. The van der Waals surface area contributed by atoms with Gasteiger partial charge in [-0.2, -0.15) is 0 Å². The monoisotopic (exact) mass is 588 g/mol. The average molecular weight is 589 g/mol. The number of hydrogen-bond donors (Lipinski definition) is 2. The van der Waals surface area contributed by atoms with E-state index in [1.807, 2.05) is 23.6 Å². The molecule has 2 aromatic carbocycles. The Labute approximate surface area is 249 Å². The number of aryl methyl sites for hydroxylation is 2. The number of benzene rings is 2. The molecule has 3 amide bonds. The van der Waals surface area contributed by atoms with E-state index in [1.165, 1.54) is 0 Å². The van der Waals surface area contributed by atoms with Crippen LogP contribution in [0.5, 0.6) is 17.2 Å². The quantitative estimate of drug-likeness (QED) is 0.466. The molecular weight excluding hydrogens is 552 g/mol. The Kier molecular flexibility index (Phi) is 8.17. The van der Waals surface area contributed by atoms with Crippen LogP contribution in [0, 0.1) is 6.92 Å². The summed E-state index contributed by atoms with van der Waals surface area (Å²) in [7, 11) is 1.56. The van der Waals surface area contributed by atoms with Crippen LogP contribution in [0.3, 0.4) is 0 Å². The Morgan fingerprint density at radius 3 is 2.81 bits per heavy atom. The second-order valence-electron chi connectivity index (χ2n) is 11.2. The highest BCUT2D eigenvalue weighted by Gasteiger charge is 2.36. The smallest absolute Gasteiger partial charge is 0.291 e. The zero-order chi connectivity index (χ0) is 29.9. The molecule has 226 valence electrons. The minimum Gasteiger partial charge on any atom is -0.496 e. The lowest BCUT2D eigenvalue weighted by Gasteiger charge is -2.38. The maximum Gasteiger partial charge on any atom is 0.291 e. The van der Waals surface area contributed by atoms with Crippen molar-refractivity contribution in [3.63, 3.8) is 0 Å². The predicted molar refractivity (Wildman–Crippen MR) is 155 cm³/mol. The zero-order valence-electron chi connectivity index (χ0n) is 24.4. The average Bonchev–Trinajstić information content (AvgIpc) is 3.27. The van der Waals surface area contributed by atoms with Gasteiger partial charge in [-0.15, -0.1) is 10.2 Å². The number of fused-ring (bicyclic) bond motifs is 8. The van der Waals surface area contributed by atoms with Gasteiger partial charge in [0.15, 0.2) is 6.61 Å². The van der Waals surface area contributed by atoms with Crippen LogP contribution in [0.4, 0.5) is 0 Å². The number of carbonyl (C=O) groups excluding carboxylic acids is 3. The summed E-state index contributed by atoms with van der Waals surface area (Å²) in [5.41, 5.74) is 1.95. The first kappa shape index (κ1) is 28.5. The van der Waals surface area contributed by atoms with E-state index in [9.17, 15) is 14.4 Å². The van der Waals surface area contributed by atoms with Crippen molar-refractivity contribution < 1.29 is 28.6 Å². The molecule has 0 radical (unpaired) electrons. The third-order valence-electron chi connectivity index (χ3n) is 8.28. The highest BCUT2D eigenvalue weighted by Crippen LogP contribution is 2.28. The van der Waals surface area contributed by atoms with E-state index in [0.717, 1.165) is 49.2 Å². The molecule has 43 heavy (non-hydrogen) atoms. The molecule has 12 heteroatoms. The van der Waals surface area contributed by atoms with Crippen LogP contribution in [-0.2, 0) is 24.3 Å². The Morgan fingerprint density at radius 2 is 1.95 bits per heavy atom. The predicted octanol–water partition coefficient (Wildman–Crippen LogP) is 2.42. The number of carbonyl (C=O) groups is 3. The van der Waals surface area contributed by atoms with Crippen LogP contribution < -0.4 is 24.8 Å². The number of amides is 3. The van der Waals surface area contributed by atoms with Gasteiger partial charge in [-0.3, -0.25) is 14.4 Å². The van der Waals surface area contributed by atoms with E-state index in [4.69, 9.17) is 14.2 Å². The molecule has 7 rings (SSSR count). The van der Waals surface area contributed by atoms with Crippen molar-refractivity contribution in [2.75, 3.05) is 26.8 Å². The van der Waals surface area contributed by atoms with Gasteiger partial charge in [0.2, 0.25) is 5.82 Å². The minimum atomic E-state index is -0.521. The lowest BCUT2D eigenvalue weighted by atomic mass is 10.0. The summed E-state index contributed by atoms with van der Waals surface area (Å²) < 4.78 is 19.7. The maximum atomic E-state index is 13.7. The van der Waals surface area contributed by atoms with Crippen molar-refractivity contribution in [3.05, 3.63) is 64.7 Å². The summed E-state index contributed by atoms with van der Waals surface area (Å²) >= 11 is 0. The van der Waals surface area contributed by atoms with Gasteiger partial charge >= 0.3 is 0 Å². The van der Waals surface area contributed by atoms with Crippen molar-refractivity contribution in [1.82, 2.24) is 30.3 Å². The molecule has 2 N–H and O–H groups in total. The number of piperidine rings is 1. The molecule has 12 nitrogen and oxygen atoms in total. The van der Waals surface area contributed by atoms with E-state index < -0.39 is 12.1 Å². The van der Waals surface area contributed by atoms with Gasteiger partial charge in [-0.1, -0.05) is 12.5 Å². The summed E-state index contributed by atoms with van der Waals surface area (Å²) in [6.45, 7) is 3.29. The Hall–Kier alpha value is -4.61. The van der Waals surface area contributed by atoms with E-state index in [1.54, 1.807) is 36.3 Å². The number of rotatable bonds is 2. The van der Waals surface area contributed by atoms with Gasteiger partial charge in [0, 0.05) is 56.2 Å². The van der Waals surface area contributed by atoms with Gasteiger partial charge < -0.3 is 34.3 Å². The molecule has 2 atom stereocenters. The van der Waals surface area contributed by atoms with Gasteiger partial charge in [-0.05, 0) is 49.6 Å². The fraction of sp³-hybridized carbons (Fsp3) is 0.452. The fourth-order valence-electron chi connectivity index (χ4n) is 5.84. The van der Waals surface area contributed by atoms with Crippen LogP contribution in [0.1, 0.15) is 63.6 Å². The van der Waals surface area contributed by atoms with Gasteiger partial charge in [0.05, 0.1) is 13.2 Å². The number of hydrogen-bond acceptors (Lipinski definition) is 8. The van der Waals surface area contributed by atoms with E-state index in [-0.39, 0.29) is 37.4 Å². The molecule has 4 bridgehead atoms. The summed E-state index contributed by atoms with van der Waals surface area (Å²) in [6.07, 6.45) is 3.99. The molecule has 0 spiro atoms. The van der Waals surface area contributed by atoms with Crippen LogP contribution in [-0.4, -0.2) is 76.3 Å². The fourth-order valence-corrected chi connectivity index (χ4v) is 5.84. The number of methoxy groups -OCH3 is 1. The number of nitrogens with one attached hydrogen (secondary N) is 2. The lowest BCUT2D eigenvalue weighted by Crippen LogP contribution is -2.58. The van der Waals surface area contributed by atoms with Crippen LogP contribution in [0.25, 0.3) is 0 Å². The third-order valence-corrected chi connectivity index (χ3v) is 8.28. The normalized spacial score (nSPS) is 20.7. The van der Waals surface area contributed by atoms with Crippen molar-refractivity contribution in [2.24, 2.45) is 0 Å². The van der Waals surface area contributed by atoms with Crippen molar-refractivity contribution in [1.29, 1.82) is 0 Å². The van der Waals surface area contributed by atoms with Crippen LogP contribution in [0.2, 0.25) is 0 Å². The molecule has 0 unspecified atom stereocenters.